The van der Waals surface area contributed by atoms with Gasteiger partial charge < -0.3 is 0 Å². The average Bonchev–Trinajstić information content (AvgIpc) is 2.73. The summed E-state index contributed by atoms with van der Waals surface area (Å²) in [6.07, 6.45) is 6.82. The first kappa shape index (κ1) is 14.3. The van der Waals surface area contributed by atoms with Crippen molar-refractivity contribution in [2.24, 2.45) is 12.9 Å². The molecule has 1 saturated carbocycles. The number of halogens is 1. The molecule has 5 nitrogen and oxygen atoms in total. The van der Waals surface area contributed by atoms with Crippen LogP contribution in [0.1, 0.15) is 43.8 Å². The predicted molar refractivity (Wildman–Crippen MR) is 78.1 cm³/mol. The smallest absolute Gasteiger partial charge is 0.153 e. The van der Waals surface area contributed by atoms with Crippen LogP contribution in [0.15, 0.2) is 4.60 Å². The second kappa shape index (κ2) is 6.88. The van der Waals surface area contributed by atoms with E-state index in [2.05, 4.69) is 31.7 Å². The maximum atomic E-state index is 5.66. The first-order valence-corrected chi connectivity index (χ1v) is 8.19. The molecule has 1 unspecified atom stereocenters. The van der Waals surface area contributed by atoms with Gasteiger partial charge in [-0.2, -0.15) is 11.8 Å². The molecule has 0 spiro atoms. The summed E-state index contributed by atoms with van der Waals surface area (Å²) in [6, 6.07) is 0.0892. The number of thioether (sulfide) groups is 1. The summed E-state index contributed by atoms with van der Waals surface area (Å²) in [5, 5.41) is 8.79. The van der Waals surface area contributed by atoms with Crippen LogP contribution in [0.2, 0.25) is 0 Å². The zero-order valence-electron chi connectivity index (χ0n) is 10.6. The van der Waals surface area contributed by atoms with E-state index in [0.29, 0.717) is 0 Å². The van der Waals surface area contributed by atoms with Crippen molar-refractivity contribution in [2.75, 3.05) is 5.75 Å². The number of nitrogens with two attached hydrogens (primary N) is 1. The molecule has 1 atom stereocenters. The van der Waals surface area contributed by atoms with Gasteiger partial charge >= 0.3 is 0 Å². The zero-order chi connectivity index (χ0) is 13.0. The van der Waals surface area contributed by atoms with Crippen molar-refractivity contribution in [3.63, 3.8) is 0 Å². The Morgan fingerprint density at radius 1 is 1.50 bits per heavy atom. The van der Waals surface area contributed by atoms with E-state index in [4.69, 9.17) is 5.84 Å². The predicted octanol–water partition coefficient (Wildman–Crippen LogP) is 2.15. The van der Waals surface area contributed by atoms with E-state index in [1.807, 2.05) is 18.8 Å². The maximum absolute atomic E-state index is 5.66. The molecule has 0 bridgehead atoms. The summed E-state index contributed by atoms with van der Waals surface area (Å²) >= 11 is 5.44. The minimum Gasteiger partial charge on any atom is -0.271 e. The van der Waals surface area contributed by atoms with E-state index < -0.39 is 0 Å². The Morgan fingerprint density at radius 3 is 2.78 bits per heavy atom. The molecule has 1 aliphatic carbocycles. The lowest BCUT2D eigenvalue weighted by Gasteiger charge is -2.23. The van der Waals surface area contributed by atoms with Crippen LogP contribution in [-0.4, -0.2) is 26.0 Å². The summed E-state index contributed by atoms with van der Waals surface area (Å²) in [4.78, 5) is 0. The SMILES string of the molecule is Cn1nnc(Br)c1C(CSC1CCCCC1)NN. The molecule has 0 radical (unpaired) electrons. The third kappa shape index (κ3) is 3.46. The second-order valence-corrected chi connectivity index (χ2v) is 6.79. The highest BCUT2D eigenvalue weighted by molar-refractivity contribution is 9.10. The lowest BCUT2D eigenvalue weighted by atomic mass is 10.0. The van der Waals surface area contributed by atoms with E-state index in [0.717, 1.165) is 21.3 Å². The molecule has 3 N–H and O–H groups in total. The minimum absolute atomic E-state index is 0.0892. The van der Waals surface area contributed by atoms with Crippen LogP contribution in [0.5, 0.6) is 0 Å². The summed E-state index contributed by atoms with van der Waals surface area (Å²) in [6.45, 7) is 0. The molecule has 0 aromatic carbocycles. The molecular weight excluding hydrogens is 314 g/mol. The van der Waals surface area contributed by atoms with Gasteiger partial charge in [-0.25, -0.2) is 4.68 Å². The molecular formula is C11H20BrN5S. The van der Waals surface area contributed by atoms with Crippen molar-refractivity contribution in [1.82, 2.24) is 20.4 Å². The molecule has 1 aromatic rings. The largest absolute Gasteiger partial charge is 0.271 e. The van der Waals surface area contributed by atoms with Gasteiger partial charge in [0.15, 0.2) is 4.60 Å². The molecule has 0 aliphatic heterocycles. The Labute approximate surface area is 120 Å². The van der Waals surface area contributed by atoms with E-state index >= 15 is 0 Å². The Morgan fingerprint density at radius 2 is 2.22 bits per heavy atom. The van der Waals surface area contributed by atoms with Crippen molar-refractivity contribution in [3.05, 3.63) is 10.3 Å². The van der Waals surface area contributed by atoms with Gasteiger partial charge in [0.1, 0.15) is 0 Å². The molecule has 2 rings (SSSR count). The van der Waals surface area contributed by atoms with Crippen molar-refractivity contribution in [3.8, 4) is 0 Å². The highest BCUT2D eigenvalue weighted by Gasteiger charge is 2.21. The van der Waals surface area contributed by atoms with Crippen LogP contribution in [0.3, 0.4) is 0 Å². The van der Waals surface area contributed by atoms with Crippen molar-refractivity contribution in [1.29, 1.82) is 0 Å². The highest BCUT2D eigenvalue weighted by atomic mass is 79.9. The molecule has 7 heteroatoms. The maximum Gasteiger partial charge on any atom is 0.153 e. The van der Waals surface area contributed by atoms with Crippen LogP contribution in [0.4, 0.5) is 0 Å². The average molecular weight is 334 g/mol. The van der Waals surface area contributed by atoms with E-state index in [1.165, 1.54) is 32.1 Å². The Kier molecular flexibility index (Phi) is 5.47. The number of hydrogen-bond donors (Lipinski definition) is 2. The van der Waals surface area contributed by atoms with Gasteiger partial charge in [0.25, 0.3) is 0 Å². The molecule has 0 saturated heterocycles. The second-order valence-electron chi connectivity index (χ2n) is 4.70. The normalized spacial score (nSPS) is 19.1. The zero-order valence-corrected chi connectivity index (χ0v) is 13.0. The molecule has 18 heavy (non-hydrogen) atoms. The number of hydrogen-bond acceptors (Lipinski definition) is 5. The Balaban J connectivity index is 1.93. The number of aryl methyl sites for hydroxylation is 1. The lowest BCUT2D eigenvalue weighted by molar-refractivity contribution is 0.511. The fraction of sp³-hybridized carbons (Fsp3) is 0.818. The van der Waals surface area contributed by atoms with E-state index in [1.54, 1.807) is 4.68 Å². The number of nitrogens with one attached hydrogen (secondary N) is 1. The van der Waals surface area contributed by atoms with Gasteiger partial charge in [-0.05, 0) is 28.8 Å². The van der Waals surface area contributed by atoms with Crippen LogP contribution in [0.25, 0.3) is 0 Å². The van der Waals surface area contributed by atoms with Crippen LogP contribution < -0.4 is 11.3 Å². The summed E-state index contributed by atoms with van der Waals surface area (Å²) < 4.78 is 2.55. The summed E-state index contributed by atoms with van der Waals surface area (Å²) in [7, 11) is 1.89. The first-order valence-electron chi connectivity index (χ1n) is 6.35. The Hall–Kier alpha value is -0.110. The molecule has 1 aliphatic rings. The first-order chi connectivity index (χ1) is 8.72. The van der Waals surface area contributed by atoms with Crippen molar-refractivity contribution in [2.45, 2.75) is 43.4 Å². The van der Waals surface area contributed by atoms with Crippen LogP contribution in [-0.2, 0) is 7.05 Å². The monoisotopic (exact) mass is 333 g/mol. The van der Waals surface area contributed by atoms with E-state index in [9.17, 15) is 0 Å². The van der Waals surface area contributed by atoms with Crippen LogP contribution in [0, 0.1) is 0 Å². The molecule has 1 aromatic heterocycles. The van der Waals surface area contributed by atoms with Gasteiger partial charge in [-0.3, -0.25) is 11.3 Å². The number of nitrogens with zero attached hydrogens (tertiary/aromatic N) is 3. The number of rotatable bonds is 5. The topological polar surface area (TPSA) is 68.8 Å². The molecule has 1 heterocycles. The summed E-state index contributed by atoms with van der Waals surface area (Å²) in [5.74, 6) is 6.62. The number of hydrazine groups is 1. The van der Waals surface area contributed by atoms with Gasteiger partial charge in [0, 0.05) is 18.1 Å². The standard InChI is InChI=1S/C11H20BrN5S/c1-17-10(11(12)15-16-17)9(14-13)7-18-8-5-3-2-4-6-8/h8-9,14H,2-7,13H2,1H3. The van der Waals surface area contributed by atoms with Gasteiger partial charge in [-0.1, -0.05) is 24.5 Å². The molecule has 1 fully saturated rings. The lowest BCUT2D eigenvalue weighted by Crippen LogP contribution is -2.32. The van der Waals surface area contributed by atoms with Crippen molar-refractivity contribution < 1.29 is 0 Å². The molecule has 102 valence electrons. The third-order valence-electron chi connectivity index (χ3n) is 3.41. The van der Waals surface area contributed by atoms with Crippen molar-refractivity contribution >= 4 is 27.7 Å². The minimum atomic E-state index is 0.0892. The van der Waals surface area contributed by atoms with Gasteiger partial charge in [-0.15, -0.1) is 5.10 Å². The highest BCUT2D eigenvalue weighted by Crippen LogP contribution is 2.31. The Bertz CT molecular complexity index is 358. The fourth-order valence-corrected chi connectivity index (χ4v) is 4.37. The van der Waals surface area contributed by atoms with Crippen LogP contribution >= 0.6 is 27.7 Å². The van der Waals surface area contributed by atoms with Gasteiger partial charge in [0.05, 0.1) is 11.7 Å². The third-order valence-corrected chi connectivity index (χ3v) is 5.44. The van der Waals surface area contributed by atoms with E-state index in [-0.39, 0.29) is 6.04 Å². The molecule has 0 amide bonds. The van der Waals surface area contributed by atoms with Gasteiger partial charge in [0.2, 0.25) is 0 Å². The fourth-order valence-electron chi connectivity index (χ4n) is 2.38. The quantitative estimate of drug-likeness (QED) is 0.638. The number of aromatic nitrogens is 3. The summed E-state index contributed by atoms with van der Waals surface area (Å²) in [5.41, 5.74) is 3.89.